The molecule has 0 spiro atoms. The first-order chi connectivity index (χ1) is 15.5. The van der Waals surface area contributed by atoms with E-state index in [2.05, 4.69) is 13.2 Å². The minimum Gasteiger partial charge on any atom is -0.490 e. The largest absolute Gasteiger partial charge is 0.490 e. The lowest BCUT2D eigenvalue weighted by atomic mass is 10.1. The number of rotatable bonds is 12. The highest BCUT2D eigenvalue weighted by Crippen LogP contribution is 2.17. The van der Waals surface area contributed by atoms with Gasteiger partial charge in [0.1, 0.15) is 31.3 Å². The summed E-state index contributed by atoms with van der Waals surface area (Å²) in [5, 5.41) is 0. The van der Waals surface area contributed by atoms with E-state index in [9.17, 15) is 14.4 Å². The third kappa shape index (κ3) is 9.13. The molecule has 166 valence electrons. The molecule has 0 N–H and O–H groups in total. The number of esters is 3. The van der Waals surface area contributed by atoms with Crippen LogP contribution in [0, 0.1) is 0 Å². The Kier molecular flexibility index (Phi) is 9.98. The molecule has 0 aromatic heterocycles. The minimum absolute atomic E-state index is 0.0408. The second kappa shape index (κ2) is 13.2. The average molecular weight is 436 g/mol. The fourth-order valence-electron chi connectivity index (χ4n) is 2.35. The zero-order valence-electron chi connectivity index (χ0n) is 17.5. The molecule has 0 heterocycles. The van der Waals surface area contributed by atoms with Crippen LogP contribution in [0.5, 0.6) is 11.5 Å². The lowest BCUT2D eigenvalue weighted by Crippen LogP contribution is -2.12. The Hall–Kier alpha value is -4.13. The van der Waals surface area contributed by atoms with Gasteiger partial charge in [0.2, 0.25) is 0 Å². The van der Waals surface area contributed by atoms with Crippen LogP contribution in [0.3, 0.4) is 0 Å². The molecule has 32 heavy (non-hydrogen) atoms. The van der Waals surface area contributed by atoms with Crippen molar-refractivity contribution in [1.29, 1.82) is 0 Å². The van der Waals surface area contributed by atoms with Crippen molar-refractivity contribution >= 4 is 30.1 Å². The van der Waals surface area contributed by atoms with Crippen LogP contribution < -0.4 is 9.47 Å². The predicted octanol–water partition coefficient (Wildman–Crippen LogP) is 3.99. The van der Waals surface area contributed by atoms with Gasteiger partial charge in [-0.15, -0.1) is 0 Å². The van der Waals surface area contributed by atoms with Gasteiger partial charge < -0.3 is 18.9 Å². The van der Waals surface area contributed by atoms with Gasteiger partial charge in [-0.05, 0) is 35.4 Å². The Balaban J connectivity index is 1.77. The van der Waals surface area contributed by atoms with Gasteiger partial charge >= 0.3 is 17.9 Å². The fourth-order valence-corrected chi connectivity index (χ4v) is 2.35. The van der Waals surface area contributed by atoms with E-state index < -0.39 is 17.9 Å². The summed E-state index contributed by atoms with van der Waals surface area (Å²) in [6.45, 7) is 6.95. The summed E-state index contributed by atoms with van der Waals surface area (Å²) in [6, 6.07) is 14.5. The smallest absolute Gasteiger partial charge is 0.330 e. The summed E-state index contributed by atoms with van der Waals surface area (Å²) in [7, 11) is 0. The molecule has 0 aliphatic heterocycles. The molecule has 0 amide bonds. The maximum Gasteiger partial charge on any atom is 0.330 e. The fraction of sp³-hybridized carbons (Fsp3) is 0.160. The van der Waals surface area contributed by atoms with Crippen LogP contribution in [0.15, 0.2) is 73.8 Å². The maximum absolute atomic E-state index is 11.7. The second-order valence-corrected chi connectivity index (χ2v) is 6.29. The molecule has 0 saturated heterocycles. The standard InChI is InChI=1S/C25H24O7/c1-3-23(26)30-16-15-25(28)32-22-13-9-20(10-14-22)6-5-19-7-11-21(12-8-19)29-17-18-31-24(27)4-2/h3-14H,1-2,15-18H2/b6-5+. The monoisotopic (exact) mass is 436 g/mol. The molecule has 0 unspecified atom stereocenters. The van der Waals surface area contributed by atoms with Gasteiger partial charge in [-0.25, -0.2) is 9.59 Å². The molecule has 2 aromatic rings. The summed E-state index contributed by atoms with van der Waals surface area (Å²) < 4.78 is 20.3. The van der Waals surface area contributed by atoms with Crippen LogP contribution in [0.2, 0.25) is 0 Å². The summed E-state index contributed by atoms with van der Waals surface area (Å²) in [5.41, 5.74) is 1.90. The van der Waals surface area contributed by atoms with Gasteiger partial charge in [-0.3, -0.25) is 4.79 Å². The highest BCUT2D eigenvalue weighted by Gasteiger charge is 2.06. The van der Waals surface area contributed by atoms with Gasteiger partial charge in [0.25, 0.3) is 0 Å². The molecule has 0 aliphatic carbocycles. The maximum atomic E-state index is 11.7. The first-order valence-corrected chi connectivity index (χ1v) is 9.80. The SMILES string of the molecule is C=CC(=O)OCCOc1ccc(/C=C/c2ccc(OC(=O)CCOC(=O)C=C)cc2)cc1. The average Bonchev–Trinajstić information content (AvgIpc) is 2.81. The number of benzene rings is 2. The van der Waals surface area contributed by atoms with E-state index in [0.29, 0.717) is 11.5 Å². The van der Waals surface area contributed by atoms with Gasteiger partial charge in [-0.2, -0.15) is 0 Å². The third-order valence-electron chi connectivity index (χ3n) is 3.94. The molecule has 0 aliphatic rings. The number of hydrogen-bond donors (Lipinski definition) is 0. The van der Waals surface area contributed by atoms with E-state index >= 15 is 0 Å². The van der Waals surface area contributed by atoms with Gasteiger partial charge in [0, 0.05) is 12.2 Å². The van der Waals surface area contributed by atoms with Crippen molar-refractivity contribution in [3.8, 4) is 11.5 Å². The van der Waals surface area contributed by atoms with Crippen LogP contribution in [0.1, 0.15) is 17.5 Å². The molecule has 0 atom stereocenters. The van der Waals surface area contributed by atoms with Crippen LogP contribution in [0.25, 0.3) is 12.2 Å². The quantitative estimate of drug-likeness (QED) is 0.163. The molecule has 0 fully saturated rings. The third-order valence-corrected chi connectivity index (χ3v) is 3.94. The number of carbonyl (C=O) groups is 3. The zero-order valence-corrected chi connectivity index (χ0v) is 17.5. The lowest BCUT2D eigenvalue weighted by Gasteiger charge is -2.06. The summed E-state index contributed by atoms with van der Waals surface area (Å²) >= 11 is 0. The Bertz CT molecular complexity index is 957. The molecule has 0 bridgehead atoms. The molecule has 7 heteroatoms. The van der Waals surface area contributed by atoms with E-state index in [-0.39, 0.29) is 26.2 Å². The topological polar surface area (TPSA) is 88.1 Å². The van der Waals surface area contributed by atoms with E-state index in [1.807, 2.05) is 48.6 Å². The first kappa shape index (κ1) is 24.1. The highest BCUT2D eigenvalue weighted by molar-refractivity contribution is 5.81. The Morgan fingerprint density at radius 2 is 1.19 bits per heavy atom. The Labute approximate surface area is 186 Å². The van der Waals surface area contributed by atoms with Gasteiger partial charge in [0.15, 0.2) is 0 Å². The molecule has 7 nitrogen and oxygen atoms in total. The van der Waals surface area contributed by atoms with Crippen LogP contribution in [-0.4, -0.2) is 37.7 Å². The van der Waals surface area contributed by atoms with Crippen molar-refractivity contribution in [2.75, 3.05) is 19.8 Å². The summed E-state index contributed by atoms with van der Waals surface area (Å²) in [6.07, 6.45) is 5.95. The van der Waals surface area contributed by atoms with Crippen LogP contribution in [0.4, 0.5) is 0 Å². The van der Waals surface area contributed by atoms with Crippen molar-refractivity contribution in [3.05, 3.63) is 85.0 Å². The van der Waals surface area contributed by atoms with Crippen LogP contribution in [-0.2, 0) is 23.9 Å². The van der Waals surface area contributed by atoms with Crippen LogP contribution >= 0.6 is 0 Å². The number of carbonyl (C=O) groups excluding carboxylic acids is 3. The van der Waals surface area contributed by atoms with Crippen molar-refractivity contribution in [1.82, 2.24) is 0 Å². The predicted molar refractivity (Wildman–Crippen MR) is 120 cm³/mol. The second-order valence-electron chi connectivity index (χ2n) is 6.29. The van der Waals surface area contributed by atoms with E-state index in [4.69, 9.17) is 18.9 Å². The van der Waals surface area contributed by atoms with E-state index in [1.165, 1.54) is 0 Å². The molecule has 0 saturated carbocycles. The molecular weight excluding hydrogens is 412 g/mol. The van der Waals surface area contributed by atoms with Crippen molar-refractivity contribution < 1.29 is 33.3 Å². The summed E-state index contributed by atoms with van der Waals surface area (Å²) in [5.74, 6) is -0.481. The summed E-state index contributed by atoms with van der Waals surface area (Å²) in [4.78, 5) is 33.6. The van der Waals surface area contributed by atoms with Crippen molar-refractivity contribution in [2.24, 2.45) is 0 Å². The zero-order chi connectivity index (χ0) is 23.2. The molecule has 0 radical (unpaired) electrons. The normalized spacial score (nSPS) is 10.2. The van der Waals surface area contributed by atoms with Crippen molar-refractivity contribution in [3.63, 3.8) is 0 Å². The number of ether oxygens (including phenoxy) is 4. The lowest BCUT2D eigenvalue weighted by molar-refractivity contribution is -0.141. The molecule has 2 aromatic carbocycles. The van der Waals surface area contributed by atoms with E-state index in [1.54, 1.807) is 12.1 Å². The minimum atomic E-state index is -0.581. The number of hydrogen-bond acceptors (Lipinski definition) is 7. The highest BCUT2D eigenvalue weighted by atomic mass is 16.6. The first-order valence-electron chi connectivity index (χ1n) is 9.80. The van der Waals surface area contributed by atoms with Gasteiger partial charge in [0.05, 0.1) is 6.42 Å². The van der Waals surface area contributed by atoms with Gasteiger partial charge in [-0.1, -0.05) is 49.6 Å². The molecular formula is C25H24O7. The molecule has 2 rings (SSSR count). The van der Waals surface area contributed by atoms with Crippen molar-refractivity contribution in [2.45, 2.75) is 6.42 Å². The Morgan fingerprint density at radius 3 is 1.72 bits per heavy atom. The Morgan fingerprint density at radius 1 is 0.688 bits per heavy atom. The van der Waals surface area contributed by atoms with E-state index in [0.717, 1.165) is 23.3 Å².